The number of aliphatic hydroxyl groups excluding tert-OH is 1. The number of ether oxygens (including phenoxy) is 1. The highest BCUT2D eigenvalue weighted by molar-refractivity contribution is 7.89. The van der Waals surface area contributed by atoms with Gasteiger partial charge >= 0.3 is 5.97 Å². The van der Waals surface area contributed by atoms with Crippen LogP contribution in [-0.4, -0.2) is 38.7 Å². The lowest BCUT2D eigenvalue weighted by Gasteiger charge is -2.40. The van der Waals surface area contributed by atoms with E-state index < -0.39 is 21.5 Å². The second kappa shape index (κ2) is 5.63. The Balaban J connectivity index is 2.30. The number of carbonyl (C=O) groups excluding carboxylic acids is 1. The van der Waals surface area contributed by atoms with E-state index in [1.54, 1.807) is 0 Å². The van der Waals surface area contributed by atoms with E-state index in [1.807, 2.05) is 0 Å². The van der Waals surface area contributed by atoms with Crippen LogP contribution in [0.4, 0.5) is 5.69 Å². The number of carbonyl (C=O) groups is 1. The zero-order valence-electron chi connectivity index (χ0n) is 11.6. The maximum absolute atomic E-state index is 12.4. The first-order valence-electron chi connectivity index (χ1n) is 6.46. The summed E-state index contributed by atoms with van der Waals surface area (Å²) in [7, 11) is -2.63. The molecule has 21 heavy (non-hydrogen) atoms. The Morgan fingerprint density at radius 1 is 1.48 bits per heavy atom. The molecule has 116 valence electrons. The molecule has 7 nitrogen and oxygen atoms in total. The third-order valence-electron chi connectivity index (χ3n) is 3.68. The van der Waals surface area contributed by atoms with Crippen molar-refractivity contribution in [2.24, 2.45) is 0 Å². The molecule has 2 rings (SSSR count). The van der Waals surface area contributed by atoms with Crippen molar-refractivity contribution in [1.82, 2.24) is 4.72 Å². The van der Waals surface area contributed by atoms with E-state index >= 15 is 0 Å². The van der Waals surface area contributed by atoms with Crippen LogP contribution in [0.2, 0.25) is 0 Å². The Morgan fingerprint density at radius 2 is 2.14 bits per heavy atom. The third-order valence-corrected chi connectivity index (χ3v) is 5.34. The van der Waals surface area contributed by atoms with Crippen molar-refractivity contribution in [1.29, 1.82) is 0 Å². The predicted molar refractivity (Wildman–Crippen MR) is 76.2 cm³/mol. The van der Waals surface area contributed by atoms with Gasteiger partial charge in [0.2, 0.25) is 10.0 Å². The number of esters is 1. The number of methoxy groups -OCH3 is 1. The Morgan fingerprint density at radius 3 is 2.57 bits per heavy atom. The van der Waals surface area contributed by atoms with Gasteiger partial charge in [0.1, 0.15) is 4.90 Å². The number of hydrogen-bond acceptors (Lipinski definition) is 6. The molecule has 0 heterocycles. The van der Waals surface area contributed by atoms with E-state index in [-0.39, 0.29) is 22.8 Å². The number of sulfonamides is 1. The van der Waals surface area contributed by atoms with Crippen molar-refractivity contribution in [3.05, 3.63) is 23.8 Å². The normalized spacial score (nSPS) is 17.0. The molecule has 1 aliphatic rings. The SMILES string of the molecule is COC(=O)c1ccc(S(=O)(=O)NC2(CO)CCC2)c(N)c1. The van der Waals surface area contributed by atoms with Crippen LogP contribution in [0.15, 0.2) is 23.1 Å². The van der Waals surface area contributed by atoms with Gasteiger partial charge in [0, 0.05) is 0 Å². The third kappa shape index (κ3) is 3.02. The monoisotopic (exact) mass is 314 g/mol. The smallest absolute Gasteiger partial charge is 0.337 e. The second-order valence-electron chi connectivity index (χ2n) is 5.14. The molecule has 0 aromatic heterocycles. The molecule has 1 aromatic carbocycles. The number of nitrogen functional groups attached to an aromatic ring is 1. The molecule has 1 aliphatic carbocycles. The van der Waals surface area contributed by atoms with Crippen LogP contribution in [-0.2, 0) is 14.8 Å². The largest absolute Gasteiger partial charge is 0.465 e. The Kier molecular flexibility index (Phi) is 4.22. The van der Waals surface area contributed by atoms with E-state index in [0.29, 0.717) is 12.8 Å². The van der Waals surface area contributed by atoms with Crippen LogP contribution >= 0.6 is 0 Å². The van der Waals surface area contributed by atoms with Gasteiger partial charge in [0.05, 0.1) is 30.5 Å². The summed E-state index contributed by atoms with van der Waals surface area (Å²) < 4.78 is 31.8. The Bertz CT molecular complexity index is 647. The highest BCUT2D eigenvalue weighted by atomic mass is 32.2. The first kappa shape index (κ1) is 15.7. The predicted octanol–water partition coefficient (Wildman–Crippen LogP) is 0.249. The molecule has 8 heteroatoms. The molecule has 0 amide bonds. The van der Waals surface area contributed by atoms with E-state index in [0.717, 1.165) is 6.42 Å². The summed E-state index contributed by atoms with van der Waals surface area (Å²) in [5.41, 5.74) is 5.06. The topological polar surface area (TPSA) is 119 Å². The minimum atomic E-state index is -3.86. The van der Waals surface area contributed by atoms with Gasteiger partial charge in [-0.1, -0.05) is 0 Å². The van der Waals surface area contributed by atoms with E-state index in [9.17, 15) is 18.3 Å². The molecular weight excluding hydrogens is 296 g/mol. The van der Waals surface area contributed by atoms with Crippen molar-refractivity contribution < 1.29 is 23.1 Å². The summed E-state index contributed by atoms with van der Waals surface area (Å²) in [5.74, 6) is -0.593. The summed E-state index contributed by atoms with van der Waals surface area (Å²) in [6.07, 6.45) is 2.03. The van der Waals surface area contributed by atoms with Gasteiger partial charge in [-0.25, -0.2) is 17.9 Å². The average Bonchev–Trinajstić information content (AvgIpc) is 2.41. The first-order valence-corrected chi connectivity index (χ1v) is 7.94. The molecule has 1 aromatic rings. The highest BCUT2D eigenvalue weighted by Gasteiger charge is 2.40. The summed E-state index contributed by atoms with van der Waals surface area (Å²) in [6.45, 7) is -0.258. The lowest BCUT2D eigenvalue weighted by atomic mass is 9.78. The number of anilines is 1. The van der Waals surface area contributed by atoms with Gasteiger partial charge in [-0.15, -0.1) is 0 Å². The maximum atomic E-state index is 12.4. The minimum Gasteiger partial charge on any atom is -0.465 e. The summed E-state index contributed by atoms with van der Waals surface area (Å²) in [6, 6.07) is 3.85. The fraction of sp³-hybridized carbons (Fsp3) is 0.462. The average molecular weight is 314 g/mol. The molecule has 0 bridgehead atoms. The number of nitrogens with one attached hydrogen (secondary N) is 1. The van der Waals surface area contributed by atoms with E-state index in [1.165, 1.54) is 25.3 Å². The lowest BCUT2D eigenvalue weighted by molar-refractivity contribution is 0.0600. The summed E-state index contributed by atoms with van der Waals surface area (Å²) in [4.78, 5) is 11.3. The van der Waals surface area contributed by atoms with Crippen LogP contribution < -0.4 is 10.5 Å². The van der Waals surface area contributed by atoms with Crippen molar-refractivity contribution in [3.63, 3.8) is 0 Å². The van der Waals surface area contributed by atoms with Gasteiger partial charge in [-0.3, -0.25) is 0 Å². The van der Waals surface area contributed by atoms with Crippen molar-refractivity contribution >= 4 is 21.7 Å². The van der Waals surface area contributed by atoms with Crippen molar-refractivity contribution in [2.75, 3.05) is 19.5 Å². The molecule has 1 saturated carbocycles. The fourth-order valence-corrected chi connectivity index (χ4v) is 3.84. The number of hydrogen-bond donors (Lipinski definition) is 3. The Hall–Kier alpha value is -1.64. The van der Waals surface area contributed by atoms with Gasteiger partial charge in [-0.2, -0.15) is 0 Å². The molecule has 0 aliphatic heterocycles. The van der Waals surface area contributed by atoms with Crippen molar-refractivity contribution in [2.45, 2.75) is 29.7 Å². The zero-order chi connectivity index (χ0) is 15.7. The molecular formula is C13H18N2O5S. The number of nitrogens with two attached hydrogens (primary N) is 1. The molecule has 0 unspecified atom stereocenters. The van der Waals surface area contributed by atoms with E-state index in [4.69, 9.17) is 5.73 Å². The number of aliphatic hydroxyl groups is 1. The zero-order valence-corrected chi connectivity index (χ0v) is 12.4. The van der Waals surface area contributed by atoms with Crippen LogP contribution in [0.3, 0.4) is 0 Å². The minimum absolute atomic E-state index is 0.0437. The van der Waals surface area contributed by atoms with Crippen LogP contribution in [0.25, 0.3) is 0 Å². The summed E-state index contributed by atoms with van der Waals surface area (Å²) >= 11 is 0. The maximum Gasteiger partial charge on any atom is 0.337 e. The Labute approximate surface area is 123 Å². The van der Waals surface area contributed by atoms with Crippen LogP contribution in [0.5, 0.6) is 0 Å². The molecule has 0 atom stereocenters. The molecule has 0 saturated heterocycles. The van der Waals surface area contributed by atoms with Crippen LogP contribution in [0, 0.1) is 0 Å². The molecule has 0 radical (unpaired) electrons. The van der Waals surface area contributed by atoms with Crippen molar-refractivity contribution in [3.8, 4) is 0 Å². The molecule has 0 spiro atoms. The fourth-order valence-electron chi connectivity index (χ4n) is 2.27. The first-order chi connectivity index (χ1) is 9.83. The number of rotatable bonds is 5. The summed E-state index contributed by atoms with van der Waals surface area (Å²) in [5, 5.41) is 9.35. The van der Waals surface area contributed by atoms with Gasteiger partial charge in [0.25, 0.3) is 0 Å². The van der Waals surface area contributed by atoms with Gasteiger partial charge in [-0.05, 0) is 37.5 Å². The lowest BCUT2D eigenvalue weighted by Crippen LogP contribution is -2.56. The quantitative estimate of drug-likeness (QED) is 0.529. The number of benzene rings is 1. The highest BCUT2D eigenvalue weighted by Crippen LogP contribution is 2.33. The van der Waals surface area contributed by atoms with Gasteiger partial charge < -0.3 is 15.6 Å². The standard InChI is InChI=1S/C13H18N2O5S/c1-20-12(17)9-3-4-11(10(14)7-9)21(18,19)15-13(8-16)5-2-6-13/h3-4,7,15-16H,2,5-6,8,14H2,1H3. The van der Waals surface area contributed by atoms with E-state index in [2.05, 4.69) is 9.46 Å². The van der Waals surface area contributed by atoms with Gasteiger partial charge in [0.15, 0.2) is 0 Å². The van der Waals surface area contributed by atoms with Crippen LogP contribution in [0.1, 0.15) is 29.6 Å². The second-order valence-corrected chi connectivity index (χ2v) is 6.79. The molecule has 1 fully saturated rings. The molecule has 4 N–H and O–H groups in total.